The van der Waals surface area contributed by atoms with Crippen LogP contribution in [0.25, 0.3) is 0 Å². The maximum absolute atomic E-state index is 12.8. The Morgan fingerprint density at radius 3 is 2.37 bits per heavy atom. The summed E-state index contributed by atoms with van der Waals surface area (Å²) < 4.78 is 5.18. The van der Waals surface area contributed by atoms with Gasteiger partial charge in [-0.1, -0.05) is 44.2 Å². The minimum absolute atomic E-state index is 0.0491. The molecule has 1 aliphatic carbocycles. The Morgan fingerprint density at radius 2 is 1.74 bits per heavy atom. The molecule has 1 fully saturated rings. The van der Waals surface area contributed by atoms with Gasteiger partial charge < -0.3 is 9.84 Å². The first kappa shape index (κ1) is 18.9. The van der Waals surface area contributed by atoms with Crippen LogP contribution in [0.2, 0.25) is 0 Å². The van der Waals surface area contributed by atoms with Crippen LogP contribution in [0.4, 0.5) is 5.69 Å². The second kappa shape index (κ2) is 7.78. The van der Waals surface area contributed by atoms with Crippen molar-refractivity contribution in [1.82, 2.24) is 0 Å². The third kappa shape index (κ3) is 4.64. The molecule has 4 nitrogen and oxygen atoms in total. The molecule has 0 radical (unpaired) electrons. The lowest BCUT2D eigenvalue weighted by molar-refractivity contribution is -0.117. The highest BCUT2D eigenvalue weighted by Crippen LogP contribution is 2.36. The van der Waals surface area contributed by atoms with E-state index in [-0.39, 0.29) is 17.0 Å². The molecule has 0 saturated heterocycles. The molecule has 2 aromatic carbocycles. The van der Waals surface area contributed by atoms with Gasteiger partial charge in [-0.25, -0.2) is 0 Å². The summed E-state index contributed by atoms with van der Waals surface area (Å²) in [5, 5.41) is 10.8. The lowest BCUT2D eigenvalue weighted by Crippen LogP contribution is -2.32. The Kier molecular flexibility index (Phi) is 5.45. The normalized spacial score (nSPS) is 19.8. The Hall–Kier alpha value is -2.88. The summed E-state index contributed by atoms with van der Waals surface area (Å²) in [4.78, 5) is 17.5. The Bertz CT molecular complexity index is 878. The molecule has 140 valence electrons. The molecule has 4 heteroatoms. The van der Waals surface area contributed by atoms with Gasteiger partial charge >= 0.3 is 0 Å². The average molecular weight is 363 g/mol. The fourth-order valence-electron chi connectivity index (χ4n) is 3.40. The molecule has 0 heterocycles. The largest absolute Gasteiger partial charge is 0.511 e. The van der Waals surface area contributed by atoms with E-state index in [1.165, 1.54) is 0 Å². The minimum Gasteiger partial charge on any atom is -0.511 e. The molecular formula is C23H25NO3. The number of aliphatic imine (C=N–C) groups is 1. The first-order valence-electron chi connectivity index (χ1n) is 9.09. The van der Waals surface area contributed by atoms with Crippen molar-refractivity contribution in [2.75, 3.05) is 7.11 Å². The van der Waals surface area contributed by atoms with Crippen LogP contribution < -0.4 is 4.74 Å². The van der Waals surface area contributed by atoms with Crippen molar-refractivity contribution < 1.29 is 14.6 Å². The van der Waals surface area contributed by atoms with Gasteiger partial charge in [0.15, 0.2) is 5.78 Å². The summed E-state index contributed by atoms with van der Waals surface area (Å²) in [7, 11) is 1.62. The Labute approximate surface area is 160 Å². The third-order valence-electron chi connectivity index (χ3n) is 4.69. The number of allylic oxidation sites excluding steroid dienone is 2. The molecule has 27 heavy (non-hydrogen) atoms. The van der Waals surface area contributed by atoms with Crippen LogP contribution in [-0.4, -0.2) is 23.7 Å². The number of methoxy groups -OCH3 is 1. The zero-order chi connectivity index (χ0) is 19.4. The van der Waals surface area contributed by atoms with E-state index in [9.17, 15) is 9.90 Å². The number of benzene rings is 2. The van der Waals surface area contributed by atoms with Crippen molar-refractivity contribution in [3.63, 3.8) is 0 Å². The highest BCUT2D eigenvalue weighted by molar-refractivity contribution is 6.25. The molecular weight excluding hydrogens is 338 g/mol. The van der Waals surface area contributed by atoms with Crippen LogP contribution >= 0.6 is 0 Å². The number of hydrogen-bond donors (Lipinski definition) is 1. The summed E-state index contributed by atoms with van der Waals surface area (Å²) in [6, 6.07) is 17.0. The van der Waals surface area contributed by atoms with Crippen molar-refractivity contribution in [3.8, 4) is 5.75 Å². The van der Waals surface area contributed by atoms with E-state index in [0.717, 1.165) is 17.0 Å². The van der Waals surface area contributed by atoms with Gasteiger partial charge in [-0.3, -0.25) is 9.79 Å². The van der Waals surface area contributed by atoms with Gasteiger partial charge in [0.25, 0.3) is 0 Å². The molecule has 0 spiro atoms. The first-order chi connectivity index (χ1) is 12.9. The number of aliphatic hydroxyl groups excluding tert-OH is 1. The number of carbonyl (C=O) groups excluding carboxylic acids is 1. The Balaban J connectivity index is 2.00. The van der Waals surface area contributed by atoms with Crippen molar-refractivity contribution in [1.29, 1.82) is 0 Å². The molecule has 1 aliphatic rings. The van der Waals surface area contributed by atoms with Gasteiger partial charge in [-0.2, -0.15) is 0 Å². The number of hydrogen-bond acceptors (Lipinski definition) is 4. The monoisotopic (exact) mass is 363 g/mol. The molecule has 2 aromatic rings. The molecule has 0 amide bonds. The summed E-state index contributed by atoms with van der Waals surface area (Å²) in [6.07, 6.45) is 1.37. The fraction of sp³-hybridized carbons (Fsp3) is 0.304. The van der Waals surface area contributed by atoms with Gasteiger partial charge in [-0.15, -0.1) is 0 Å². The van der Waals surface area contributed by atoms with Crippen LogP contribution in [0, 0.1) is 5.41 Å². The van der Waals surface area contributed by atoms with Crippen LogP contribution in [0.3, 0.4) is 0 Å². The van der Waals surface area contributed by atoms with E-state index in [0.29, 0.717) is 30.5 Å². The van der Waals surface area contributed by atoms with Crippen molar-refractivity contribution in [2.45, 2.75) is 33.1 Å². The summed E-state index contributed by atoms with van der Waals surface area (Å²) >= 11 is 0. The maximum atomic E-state index is 12.8. The lowest BCUT2D eigenvalue weighted by atomic mass is 9.73. The van der Waals surface area contributed by atoms with E-state index in [4.69, 9.17) is 9.73 Å². The van der Waals surface area contributed by atoms with Crippen molar-refractivity contribution in [2.24, 2.45) is 10.4 Å². The number of ketones is 1. The van der Waals surface area contributed by atoms with E-state index >= 15 is 0 Å². The van der Waals surface area contributed by atoms with Crippen molar-refractivity contribution >= 4 is 17.2 Å². The topological polar surface area (TPSA) is 58.9 Å². The third-order valence-corrected chi connectivity index (χ3v) is 4.69. The summed E-state index contributed by atoms with van der Waals surface area (Å²) in [5.41, 5.74) is 2.54. The van der Waals surface area contributed by atoms with Crippen LogP contribution in [0.5, 0.6) is 5.75 Å². The average Bonchev–Trinajstić information content (AvgIpc) is 2.61. The second-order valence-electron chi connectivity index (χ2n) is 7.68. The highest BCUT2D eigenvalue weighted by Gasteiger charge is 2.36. The molecule has 0 atom stereocenters. The van der Waals surface area contributed by atoms with E-state index in [1.807, 2.05) is 54.6 Å². The van der Waals surface area contributed by atoms with E-state index in [1.54, 1.807) is 7.11 Å². The Morgan fingerprint density at radius 1 is 1.07 bits per heavy atom. The highest BCUT2D eigenvalue weighted by atomic mass is 16.5. The van der Waals surface area contributed by atoms with Crippen LogP contribution in [0.15, 0.2) is 70.9 Å². The molecule has 1 N–H and O–H groups in total. The van der Waals surface area contributed by atoms with Gasteiger partial charge in [0.05, 0.1) is 24.1 Å². The number of rotatable bonds is 4. The standard InChI is InChI=1S/C23H25NO3/c1-23(2)14-19(24-17-9-11-18(27-3)12-10-17)22(21(26)15-23)20(25)13-16-7-5-4-6-8-16/h4-12,25H,13-15H2,1-3H3/b22-20+,24-19?. The minimum atomic E-state index is -0.182. The van der Waals surface area contributed by atoms with Gasteiger partial charge in [0.2, 0.25) is 0 Å². The molecule has 0 aromatic heterocycles. The zero-order valence-electron chi connectivity index (χ0n) is 16.0. The molecule has 0 bridgehead atoms. The predicted molar refractivity (Wildman–Crippen MR) is 108 cm³/mol. The molecule has 0 unspecified atom stereocenters. The number of aliphatic hydroxyl groups is 1. The van der Waals surface area contributed by atoms with Crippen LogP contribution in [-0.2, 0) is 11.2 Å². The summed E-state index contributed by atoms with van der Waals surface area (Å²) in [6.45, 7) is 4.11. The molecule has 3 rings (SSSR count). The van der Waals surface area contributed by atoms with E-state index in [2.05, 4.69) is 13.8 Å². The fourth-order valence-corrected chi connectivity index (χ4v) is 3.40. The van der Waals surface area contributed by atoms with Crippen molar-refractivity contribution in [3.05, 3.63) is 71.5 Å². The quantitative estimate of drug-likeness (QED) is 0.599. The number of Topliss-reactive ketones (excluding diaryl/α,β-unsaturated/α-hetero) is 1. The maximum Gasteiger partial charge on any atom is 0.168 e. The number of ether oxygens (including phenoxy) is 1. The van der Waals surface area contributed by atoms with Gasteiger partial charge in [-0.05, 0) is 41.7 Å². The van der Waals surface area contributed by atoms with Crippen LogP contribution in [0.1, 0.15) is 32.3 Å². The van der Waals surface area contributed by atoms with Gasteiger partial charge in [0.1, 0.15) is 11.5 Å². The van der Waals surface area contributed by atoms with E-state index < -0.39 is 0 Å². The SMILES string of the molecule is COc1ccc(N=C2CC(C)(C)CC(=O)/C2=C(/O)Cc2ccccc2)cc1. The number of nitrogens with zero attached hydrogens (tertiary/aromatic N) is 1. The first-order valence-corrected chi connectivity index (χ1v) is 9.09. The van der Waals surface area contributed by atoms with Gasteiger partial charge in [0, 0.05) is 12.8 Å². The number of carbonyl (C=O) groups is 1. The zero-order valence-corrected chi connectivity index (χ0v) is 16.0. The smallest absolute Gasteiger partial charge is 0.168 e. The predicted octanol–water partition coefficient (Wildman–Crippen LogP) is 5.21. The summed E-state index contributed by atoms with van der Waals surface area (Å²) in [5.74, 6) is 0.794. The molecule has 1 saturated carbocycles. The molecule has 0 aliphatic heterocycles. The lowest BCUT2D eigenvalue weighted by Gasteiger charge is -2.31. The second-order valence-corrected chi connectivity index (χ2v) is 7.68.